The average Bonchev–Trinajstić information content (AvgIpc) is 3.07. The molecule has 0 amide bonds. The van der Waals surface area contributed by atoms with Crippen LogP contribution in [-0.4, -0.2) is 32.6 Å². The van der Waals surface area contributed by atoms with Crippen molar-refractivity contribution in [2.45, 2.75) is 90.6 Å². The fourth-order valence-electron chi connectivity index (χ4n) is 4.02. The fraction of sp³-hybridized carbons (Fsp3) is 0.625. The van der Waals surface area contributed by atoms with E-state index in [0.29, 0.717) is 23.5 Å². The zero-order valence-electron chi connectivity index (χ0n) is 19.5. The van der Waals surface area contributed by atoms with E-state index < -0.39 is 14.4 Å². The number of hydrogen-bond donors (Lipinski definition) is 1. The van der Waals surface area contributed by atoms with E-state index in [1.807, 2.05) is 6.92 Å². The standard InChI is InChI=1S/C24H36O5Si/c1-15-18-14-28-23(26)20(18)22(29-30(6,7)24(2,3)4)17(21(15)27-5)13-19(25)16-11-9-8-10-12-16/h11,19,25H,8-10,12-14H2,1-7H3/t19-/m0/s1. The van der Waals surface area contributed by atoms with Crippen molar-refractivity contribution < 1.29 is 23.8 Å². The Kier molecular flexibility index (Phi) is 6.40. The summed E-state index contributed by atoms with van der Waals surface area (Å²) in [5.41, 5.74) is 4.08. The molecule has 0 fully saturated rings. The molecule has 166 valence electrons. The van der Waals surface area contributed by atoms with Crippen molar-refractivity contribution in [2.24, 2.45) is 0 Å². The number of benzene rings is 1. The lowest BCUT2D eigenvalue weighted by atomic mass is 9.89. The lowest BCUT2D eigenvalue weighted by Crippen LogP contribution is -2.44. The Labute approximate surface area is 181 Å². The van der Waals surface area contributed by atoms with Gasteiger partial charge in [-0.3, -0.25) is 0 Å². The summed E-state index contributed by atoms with van der Waals surface area (Å²) in [5, 5.41) is 11.0. The Balaban J connectivity index is 2.16. The van der Waals surface area contributed by atoms with Crippen molar-refractivity contribution in [1.29, 1.82) is 0 Å². The van der Waals surface area contributed by atoms with E-state index in [-0.39, 0.29) is 17.6 Å². The van der Waals surface area contributed by atoms with Crippen molar-refractivity contribution >= 4 is 14.3 Å². The molecule has 1 N–H and O–H groups in total. The third-order valence-corrected chi connectivity index (χ3v) is 11.3. The molecule has 0 radical (unpaired) electrons. The Morgan fingerprint density at radius 3 is 2.50 bits per heavy atom. The van der Waals surface area contributed by atoms with Gasteiger partial charge in [-0.25, -0.2) is 4.79 Å². The van der Waals surface area contributed by atoms with Crippen LogP contribution in [0.3, 0.4) is 0 Å². The molecule has 2 aliphatic rings. The van der Waals surface area contributed by atoms with Crippen LogP contribution < -0.4 is 9.16 Å². The van der Waals surface area contributed by atoms with Crippen molar-refractivity contribution in [1.82, 2.24) is 0 Å². The first-order chi connectivity index (χ1) is 14.0. The van der Waals surface area contributed by atoms with Crippen LogP contribution in [0, 0.1) is 6.92 Å². The van der Waals surface area contributed by atoms with Gasteiger partial charge in [-0.05, 0) is 61.9 Å². The third-order valence-electron chi connectivity index (χ3n) is 6.94. The van der Waals surface area contributed by atoms with Crippen LogP contribution >= 0.6 is 0 Å². The summed E-state index contributed by atoms with van der Waals surface area (Å²) in [5.74, 6) is 0.894. The molecule has 3 rings (SSSR count). The van der Waals surface area contributed by atoms with E-state index in [2.05, 4.69) is 39.9 Å². The zero-order valence-corrected chi connectivity index (χ0v) is 20.5. The molecule has 1 heterocycles. The van der Waals surface area contributed by atoms with Gasteiger partial charge in [0.1, 0.15) is 23.7 Å². The molecule has 0 saturated carbocycles. The number of aliphatic hydroxyl groups is 1. The second-order valence-corrected chi connectivity index (χ2v) is 14.7. The van der Waals surface area contributed by atoms with Gasteiger partial charge in [0.15, 0.2) is 0 Å². The first kappa shape index (κ1) is 22.9. The first-order valence-corrected chi connectivity index (χ1v) is 13.8. The van der Waals surface area contributed by atoms with E-state index in [9.17, 15) is 9.90 Å². The van der Waals surface area contributed by atoms with E-state index in [1.165, 1.54) is 6.42 Å². The van der Waals surface area contributed by atoms with E-state index in [0.717, 1.165) is 41.5 Å². The van der Waals surface area contributed by atoms with Crippen LogP contribution in [0.1, 0.15) is 73.5 Å². The molecule has 0 spiro atoms. The number of rotatable bonds is 6. The summed E-state index contributed by atoms with van der Waals surface area (Å²) in [6, 6.07) is 0. The number of cyclic esters (lactones) is 1. The second kappa shape index (κ2) is 8.38. The summed E-state index contributed by atoms with van der Waals surface area (Å²) >= 11 is 0. The van der Waals surface area contributed by atoms with Crippen molar-refractivity contribution in [3.8, 4) is 11.5 Å². The van der Waals surface area contributed by atoms with Gasteiger partial charge < -0.3 is 19.0 Å². The molecular weight excluding hydrogens is 396 g/mol. The maximum absolute atomic E-state index is 12.7. The van der Waals surface area contributed by atoms with Crippen LogP contribution in [-0.2, 0) is 17.8 Å². The van der Waals surface area contributed by atoms with E-state index in [4.69, 9.17) is 13.9 Å². The maximum Gasteiger partial charge on any atom is 0.342 e. The number of hydrogen-bond acceptors (Lipinski definition) is 5. The maximum atomic E-state index is 12.7. The Hall–Kier alpha value is -1.79. The first-order valence-electron chi connectivity index (χ1n) is 10.9. The van der Waals surface area contributed by atoms with Crippen molar-refractivity contribution in [2.75, 3.05) is 7.11 Å². The molecule has 30 heavy (non-hydrogen) atoms. The number of methoxy groups -OCH3 is 1. The Bertz CT molecular complexity index is 864. The fourth-order valence-corrected chi connectivity index (χ4v) is 5.06. The van der Waals surface area contributed by atoms with Gasteiger partial charge >= 0.3 is 5.97 Å². The molecule has 5 nitrogen and oxygen atoms in total. The molecule has 1 aromatic rings. The predicted octanol–water partition coefficient (Wildman–Crippen LogP) is 5.46. The molecule has 0 unspecified atom stereocenters. The predicted molar refractivity (Wildman–Crippen MR) is 121 cm³/mol. The quantitative estimate of drug-likeness (QED) is 0.367. The van der Waals surface area contributed by atoms with Gasteiger partial charge in [0.05, 0.1) is 13.2 Å². The highest BCUT2D eigenvalue weighted by Crippen LogP contribution is 2.47. The van der Waals surface area contributed by atoms with E-state index >= 15 is 0 Å². The lowest BCUT2D eigenvalue weighted by Gasteiger charge is -2.38. The van der Waals surface area contributed by atoms with Gasteiger partial charge in [0.25, 0.3) is 8.32 Å². The van der Waals surface area contributed by atoms with Gasteiger partial charge in [-0.2, -0.15) is 0 Å². The van der Waals surface area contributed by atoms with Crippen LogP contribution in [0.4, 0.5) is 0 Å². The van der Waals surface area contributed by atoms with Crippen LogP contribution in [0.2, 0.25) is 18.1 Å². The number of aliphatic hydroxyl groups excluding tert-OH is 1. The van der Waals surface area contributed by atoms with Crippen LogP contribution in [0.5, 0.6) is 11.5 Å². The zero-order chi connectivity index (χ0) is 22.3. The van der Waals surface area contributed by atoms with Gasteiger partial charge in [0, 0.05) is 17.5 Å². The minimum absolute atomic E-state index is 0.0394. The lowest BCUT2D eigenvalue weighted by molar-refractivity contribution is 0.0533. The summed E-state index contributed by atoms with van der Waals surface area (Å²) < 4.78 is 17.9. The van der Waals surface area contributed by atoms with Crippen molar-refractivity contribution in [3.05, 3.63) is 33.9 Å². The molecule has 0 aromatic heterocycles. The largest absolute Gasteiger partial charge is 0.543 e. The monoisotopic (exact) mass is 432 g/mol. The smallest absolute Gasteiger partial charge is 0.342 e. The highest BCUT2D eigenvalue weighted by Gasteiger charge is 2.43. The number of allylic oxidation sites excluding steroid dienone is 1. The molecule has 1 aliphatic carbocycles. The SMILES string of the molecule is COc1c(C)c2c(c(O[Si](C)(C)C(C)(C)C)c1C[C@H](O)C1=CCCCC1)C(=O)OC2. The molecule has 0 saturated heterocycles. The minimum atomic E-state index is -2.25. The third kappa shape index (κ3) is 4.17. The molecule has 1 aliphatic heterocycles. The molecule has 0 bridgehead atoms. The summed E-state index contributed by atoms with van der Waals surface area (Å²) in [6.45, 7) is 13.0. The number of fused-ring (bicyclic) bond motifs is 1. The summed E-state index contributed by atoms with van der Waals surface area (Å²) in [6.07, 6.45) is 6.09. The molecule has 1 aromatic carbocycles. The van der Waals surface area contributed by atoms with Gasteiger partial charge in [-0.15, -0.1) is 0 Å². The normalized spacial score (nSPS) is 17.9. The molecule has 1 atom stereocenters. The highest BCUT2D eigenvalue weighted by atomic mass is 28.4. The Morgan fingerprint density at radius 1 is 1.23 bits per heavy atom. The van der Waals surface area contributed by atoms with Crippen molar-refractivity contribution in [3.63, 3.8) is 0 Å². The topological polar surface area (TPSA) is 65.0 Å². The number of carbonyl (C=O) groups excluding carboxylic acids is 1. The molecular formula is C24H36O5Si. The second-order valence-electron chi connectivity index (χ2n) is 10.0. The molecule has 6 heteroatoms. The van der Waals surface area contributed by atoms with Crippen LogP contribution in [0.15, 0.2) is 11.6 Å². The highest BCUT2D eigenvalue weighted by molar-refractivity contribution is 6.74. The minimum Gasteiger partial charge on any atom is -0.543 e. The number of ether oxygens (including phenoxy) is 2. The van der Waals surface area contributed by atoms with E-state index in [1.54, 1.807) is 7.11 Å². The van der Waals surface area contributed by atoms with Gasteiger partial charge in [0.2, 0.25) is 0 Å². The number of esters is 1. The number of carbonyl (C=O) groups is 1. The average molecular weight is 433 g/mol. The van der Waals surface area contributed by atoms with Gasteiger partial charge in [-0.1, -0.05) is 26.8 Å². The Morgan fingerprint density at radius 2 is 1.93 bits per heavy atom. The summed E-state index contributed by atoms with van der Waals surface area (Å²) in [7, 11) is -0.616. The van der Waals surface area contributed by atoms with Crippen LogP contribution in [0.25, 0.3) is 0 Å². The summed E-state index contributed by atoms with van der Waals surface area (Å²) in [4.78, 5) is 12.7.